The van der Waals surface area contributed by atoms with Gasteiger partial charge >= 0.3 is 0 Å². The van der Waals surface area contributed by atoms with Crippen LogP contribution in [0.2, 0.25) is 5.02 Å². The van der Waals surface area contributed by atoms with Gasteiger partial charge in [0.25, 0.3) is 0 Å². The molecule has 0 fully saturated rings. The molecular formula is C14H22ClNO3. The third-order valence-electron chi connectivity index (χ3n) is 2.82. The number of methoxy groups -OCH3 is 1. The second kappa shape index (κ2) is 9.02. The van der Waals surface area contributed by atoms with Crippen LogP contribution >= 0.6 is 11.6 Å². The van der Waals surface area contributed by atoms with Crippen LogP contribution in [-0.2, 0) is 6.54 Å². The van der Waals surface area contributed by atoms with Crippen LogP contribution < -0.4 is 15.2 Å². The Labute approximate surface area is 119 Å². The number of benzene rings is 1. The first-order chi connectivity index (χ1) is 9.22. The molecule has 0 saturated carbocycles. The lowest BCUT2D eigenvalue weighted by atomic mass is 10.2. The van der Waals surface area contributed by atoms with E-state index >= 15 is 0 Å². The number of hydrogen-bond donors (Lipinski definition) is 2. The van der Waals surface area contributed by atoms with Gasteiger partial charge in [-0.1, -0.05) is 18.0 Å². The van der Waals surface area contributed by atoms with Gasteiger partial charge in [0.2, 0.25) is 0 Å². The summed E-state index contributed by atoms with van der Waals surface area (Å²) in [6.45, 7) is 1.25. The van der Waals surface area contributed by atoms with Gasteiger partial charge in [0, 0.05) is 13.2 Å². The van der Waals surface area contributed by atoms with Crippen LogP contribution in [0.5, 0.6) is 11.5 Å². The number of unbranched alkanes of at least 4 members (excludes halogenated alkanes) is 3. The number of nitrogens with two attached hydrogens (primary N) is 1. The van der Waals surface area contributed by atoms with Crippen molar-refractivity contribution in [1.29, 1.82) is 0 Å². The molecule has 0 aliphatic rings. The molecule has 1 aromatic rings. The van der Waals surface area contributed by atoms with E-state index in [0.29, 0.717) is 29.7 Å². The minimum Gasteiger partial charge on any atom is -0.493 e. The van der Waals surface area contributed by atoms with Crippen LogP contribution in [0.1, 0.15) is 31.2 Å². The van der Waals surface area contributed by atoms with Crippen LogP contribution in [0.3, 0.4) is 0 Å². The Bertz CT molecular complexity index is 385. The molecule has 0 heterocycles. The number of ether oxygens (including phenoxy) is 2. The molecule has 0 spiro atoms. The molecule has 3 N–H and O–H groups in total. The number of hydrogen-bond acceptors (Lipinski definition) is 4. The second-order valence-corrected chi connectivity index (χ2v) is 4.71. The Hall–Kier alpha value is -0.970. The second-order valence-electron chi connectivity index (χ2n) is 4.30. The first-order valence-corrected chi connectivity index (χ1v) is 6.90. The predicted octanol–water partition coefficient (Wildman–Crippen LogP) is 2.74. The van der Waals surface area contributed by atoms with Gasteiger partial charge in [-0.15, -0.1) is 0 Å². The van der Waals surface area contributed by atoms with Crippen LogP contribution in [-0.4, -0.2) is 25.4 Å². The summed E-state index contributed by atoms with van der Waals surface area (Å²) in [6.07, 6.45) is 3.81. The van der Waals surface area contributed by atoms with E-state index in [1.807, 2.05) is 6.07 Å². The summed E-state index contributed by atoms with van der Waals surface area (Å²) < 4.78 is 10.9. The van der Waals surface area contributed by atoms with Crippen molar-refractivity contribution in [3.63, 3.8) is 0 Å². The van der Waals surface area contributed by atoms with Crippen LogP contribution in [0.25, 0.3) is 0 Å². The zero-order valence-electron chi connectivity index (χ0n) is 11.3. The fourth-order valence-corrected chi connectivity index (χ4v) is 2.06. The molecule has 1 rings (SSSR count). The number of rotatable bonds is 9. The van der Waals surface area contributed by atoms with Crippen molar-refractivity contribution in [3.8, 4) is 11.5 Å². The maximum absolute atomic E-state index is 8.68. The van der Waals surface area contributed by atoms with Crippen molar-refractivity contribution in [2.45, 2.75) is 32.2 Å². The topological polar surface area (TPSA) is 64.7 Å². The molecule has 4 nitrogen and oxygen atoms in total. The van der Waals surface area contributed by atoms with Gasteiger partial charge in [-0.25, -0.2) is 0 Å². The zero-order valence-corrected chi connectivity index (χ0v) is 12.1. The van der Waals surface area contributed by atoms with Crippen molar-refractivity contribution in [1.82, 2.24) is 0 Å². The Kier molecular flexibility index (Phi) is 7.63. The highest BCUT2D eigenvalue weighted by molar-refractivity contribution is 6.32. The van der Waals surface area contributed by atoms with Crippen molar-refractivity contribution >= 4 is 11.6 Å². The summed E-state index contributed by atoms with van der Waals surface area (Å²) in [4.78, 5) is 0. The van der Waals surface area contributed by atoms with E-state index in [0.717, 1.165) is 31.2 Å². The Morgan fingerprint density at radius 2 is 1.95 bits per heavy atom. The van der Waals surface area contributed by atoms with E-state index in [4.69, 9.17) is 31.9 Å². The number of aliphatic hydroxyl groups is 1. The fraction of sp³-hybridized carbons (Fsp3) is 0.571. The van der Waals surface area contributed by atoms with Crippen molar-refractivity contribution in [3.05, 3.63) is 22.7 Å². The van der Waals surface area contributed by atoms with E-state index in [1.54, 1.807) is 13.2 Å². The predicted molar refractivity (Wildman–Crippen MR) is 76.9 cm³/mol. The third-order valence-corrected chi connectivity index (χ3v) is 3.10. The van der Waals surface area contributed by atoms with Gasteiger partial charge in [0.05, 0.1) is 18.7 Å². The van der Waals surface area contributed by atoms with Crippen LogP contribution in [0.4, 0.5) is 0 Å². The molecule has 0 aliphatic carbocycles. The molecule has 0 unspecified atom stereocenters. The van der Waals surface area contributed by atoms with Gasteiger partial charge in [-0.05, 0) is 37.0 Å². The molecule has 19 heavy (non-hydrogen) atoms. The largest absolute Gasteiger partial charge is 0.493 e. The molecule has 1 aromatic carbocycles. The smallest absolute Gasteiger partial charge is 0.179 e. The standard InChI is InChI=1S/C14H22ClNO3/c1-18-13-9-11(10-16)8-12(15)14(13)19-7-5-3-2-4-6-17/h8-9,17H,2-7,10,16H2,1H3. The van der Waals surface area contributed by atoms with Gasteiger partial charge in [-0.3, -0.25) is 0 Å². The van der Waals surface area contributed by atoms with Gasteiger partial charge < -0.3 is 20.3 Å². The van der Waals surface area contributed by atoms with Crippen LogP contribution in [0.15, 0.2) is 12.1 Å². The third kappa shape index (κ3) is 5.27. The molecule has 0 radical (unpaired) electrons. The summed E-state index contributed by atoms with van der Waals surface area (Å²) >= 11 is 6.16. The minimum absolute atomic E-state index is 0.251. The molecule has 0 aliphatic heterocycles. The van der Waals surface area contributed by atoms with Gasteiger partial charge in [0.1, 0.15) is 0 Å². The molecular weight excluding hydrogens is 266 g/mol. The summed E-state index contributed by atoms with van der Waals surface area (Å²) in [7, 11) is 1.58. The van der Waals surface area contributed by atoms with Crippen molar-refractivity contribution in [2.24, 2.45) is 5.73 Å². The first kappa shape index (κ1) is 16.1. The highest BCUT2D eigenvalue weighted by Crippen LogP contribution is 2.36. The normalized spacial score (nSPS) is 10.5. The van der Waals surface area contributed by atoms with E-state index in [-0.39, 0.29) is 6.61 Å². The van der Waals surface area contributed by atoms with Gasteiger partial charge in [-0.2, -0.15) is 0 Å². The molecule has 0 atom stereocenters. The molecule has 0 bridgehead atoms. The average molecular weight is 288 g/mol. The zero-order chi connectivity index (χ0) is 14.1. The highest BCUT2D eigenvalue weighted by Gasteiger charge is 2.11. The lowest BCUT2D eigenvalue weighted by Gasteiger charge is -2.13. The summed E-state index contributed by atoms with van der Waals surface area (Å²) in [5.74, 6) is 1.19. The quantitative estimate of drug-likeness (QED) is 0.686. The van der Waals surface area contributed by atoms with E-state index in [9.17, 15) is 0 Å². The summed E-state index contributed by atoms with van der Waals surface area (Å²) in [5, 5.41) is 9.20. The summed E-state index contributed by atoms with van der Waals surface area (Å²) in [6, 6.07) is 3.64. The monoisotopic (exact) mass is 287 g/mol. The van der Waals surface area contributed by atoms with E-state index in [2.05, 4.69) is 0 Å². The van der Waals surface area contributed by atoms with E-state index < -0.39 is 0 Å². The highest BCUT2D eigenvalue weighted by atomic mass is 35.5. The van der Waals surface area contributed by atoms with Crippen LogP contribution in [0, 0.1) is 0 Å². The molecule has 108 valence electrons. The lowest BCUT2D eigenvalue weighted by molar-refractivity contribution is 0.268. The maximum Gasteiger partial charge on any atom is 0.179 e. The lowest BCUT2D eigenvalue weighted by Crippen LogP contribution is -2.03. The maximum atomic E-state index is 8.68. The Morgan fingerprint density at radius 1 is 1.21 bits per heavy atom. The van der Waals surface area contributed by atoms with E-state index in [1.165, 1.54) is 0 Å². The fourth-order valence-electron chi connectivity index (χ4n) is 1.77. The first-order valence-electron chi connectivity index (χ1n) is 6.53. The minimum atomic E-state index is 0.251. The molecule has 5 heteroatoms. The molecule has 0 amide bonds. The number of halogens is 1. The van der Waals surface area contributed by atoms with Crippen molar-refractivity contribution < 1.29 is 14.6 Å². The Balaban J connectivity index is 2.52. The average Bonchev–Trinajstić information content (AvgIpc) is 2.43. The Morgan fingerprint density at radius 3 is 2.58 bits per heavy atom. The number of aliphatic hydroxyl groups excluding tert-OH is 1. The van der Waals surface area contributed by atoms with Gasteiger partial charge in [0.15, 0.2) is 11.5 Å². The molecule has 0 aromatic heterocycles. The molecule has 0 saturated heterocycles. The SMILES string of the molecule is COc1cc(CN)cc(Cl)c1OCCCCCCO. The van der Waals surface area contributed by atoms with Crippen molar-refractivity contribution in [2.75, 3.05) is 20.3 Å². The summed E-state index contributed by atoms with van der Waals surface area (Å²) in [5.41, 5.74) is 6.50.